The van der Waals surface area contributed by atoms with Crippen molar-refractivity contribution in [3.8, 4) is 17.1 Å². The quantitative estimate of drug-likeness (QED) is 0.547. The van der Waals surface area contributed by atoms with E-state index in [1.54, 1.807) is 28.7 Å². The Bertz CT molecular complexity index is 1190. The predicted molar refractivity (Wildman–Crippen MR) is 122 cm³/mol. The highest BCUT2D eigenvalue weighted by Crippen LogP contribution is 2.29. The van der Waals surface area contributed by atoms with Crippen LogP contribution in [-0.4, -0.2) is 63.8 Å². The van der Waals surface area contributed by atoms with Gasteiger partial charge in [-0.2, -0.15) is 18.3 Å². The van der Waals surface area contributed by atoms with Crippen LogP contribution in [-0.2, 0) is 17.5 Å². The van der Waals surface area contributed by atoms with Gasteiger partial charge in [0.15, 0.2) is 10.6 Å². The number of H-pyrrole nitrogens is 1. The molecule has 0 aliphatic carbocycles. The van der Waals surface area contributed by atoms with Crippen molar-refractivity contribution in [1.29, 1.82) is 0 Å². The molecule has 4 rings (SSSR count). The van der Waals surface area contributed by atoms with Crippen LogP contribution < -0.4 is 9.64 Å². The van der Waals surface area contributed by atoms with Gasteiger partial charge < -0.3 is 14.5 Å². The SMILES string of the molecule is COc1ccc(-c2n[nH]c(=S)n2CC(=O)N2CCCN(c3ccc(C(F)(F)F)cn3)CC2)cc1. The minimum atomic E-state index is -4.42. The number of carbonyl (C=O) groups is 1. The Kier molecular flexibility index (Phi) is 6.87. The van der Waals surface area contributed by atoms with E-state index in [2.05, 4.69) is 15.2 Å². The molecule has 1 aliphatic heterocycles. The molecule has 0 unspecified atom stereocenters. The monoisotopic (exact) mass is 492 g/mol. The lowest BCUT2D eigenvalue weighted by Gasteiger charge is -2.23. The van der Waals surface area contributed by atoms with Crippen molar-refractivity contribution < 1.29 is 22.7 Å². The van der Waals surface area contributed by atoms with Crippen LogP contribution >= 0.6 is 12.2 Å². The third-order valence-corrected chi connectivity index (χ3v) is 5.96. The number of methoxy groups -OCH3 is 1. The fourth-order valence-electron chi connectivity index (χ4n) is 3.80. The summed E-state index contributed by atoms with van der Waals surface area (Å²) in [5.41, 5.74) is 0.00349. The first-order valence-electron chi connectivity index (χ1n) is 10.6. The number of benzene rings is 1. The predicted octanol–water partition coefficient (Wildman–Crippen LogP) is 3.77. The summed E-state index contributed by atoms with van der Waals surface area (Å²) in [6, 6.07) is 9.68. The Morgan fingerprint density at radius 1 is 1.12 bits per heavy atom. The number of rotatable bonds is 5. The molecule has 0 spiro atoms. The van der Waals surface area contributed by atoms with Gasteiger partial charge in [0.05, 0.1) is 12.7 Å². The second kappa shape index (κ2) is 9.84. The number of pyridine rings is 1. The molecule has 1 fully saturated rings. The van der Waals surface area contributed by atoms with E-state index in [-0.39, 0.29) is 12.5 Å². The molecule has 0 atom stereocenters. The van der Waals surface area contributed by atoms with E-state index >= 15 is 0 Å². The Morgan fingerprint density at radius 2 is 1.88 bits per heavy atom. The van der Waals surface area contributed by atoms with Crippen molar-refractivity contribution in [3.63, 3.8) is 0 Å². The Morgan fingerprint density at radius 3 is 2.53 bits per heavy atom. The van der Waals surface area contributed by atoms with Crippen LogP contribution in [0.5, 0.6) is 5.75 Å². The maximum atomic E-state index is 13.1. The molecule has 8 nitrogen and oxygen atoms in total. The van der Waals surface area contributed by atoms with Crippen LogP contribution in [0.15, 0.2) is 42.6 Å². The van der Waals surface area contributed by atoms with Crippen molar-refractivity contribution in [3.05, 3.63) is 52.9 Å². The number of amides is 1. The van der Waals surface area contributed by atoms with Gasteiger partial charge in [-0.15, -0.1) is 0 Å². The molecule has 12 heteroatoms. The van der Waals surface area contributed by atoms with Crippen LogP contribution in [0.2, 0.25) is 0 Å². The average molecular weight is 493 g/mol. The van der Waals surface area contributed by atoms with Gasteiger partial charge in [-0.1, -0.05) is 0 Å². The van der Waals surface area contributed by atoms with E-state index < -0.39 is 11.7 Å². The maximum Gasteiger partial charge on any atom is 0.417 e. The standard InChI is InChI=1S/C22H23F3N6O2S/c1-33-17-6-3-15(4-7-17)20-27-28-21(34)31(20)14-19(32)30-10-2-9-29(11-12-30)18-8-5-16(13-26-18)22(23,24)25/h3-8,13H,2,9-12,14H2,1H3,(H,28,34). The number of hydrogen-bond donors (Lipinski definition) is 1. The van der Waals surface area contributed by atoms with Crippen LogP contribution in [0.25, 0.3) is 11.4 Å². The Hall–Kier alpha value is -3.41. The van der Waals surface area contributed by atoms with Crippen molar-refractivity contribution >= 4 is 23.9 Å². The summed E-state index contributed by atoms with van der Waals surface area (Å²) in [5.74, 6) is 1.60. The fourth-order valence-corrected chi connectivity index (χ4v) is 3.99. The third-order valence-electron chi connectivity index (χ3n) is 5.65. The second-order valence-corrected chi connectivity index (χ2v) is 8.18. The highest BCUT2D eigenvalue weighted by molar-refractivity contribution is 7.71. The van der Waals surface area contributed by atoms with Gasteiger partial charge in [0, 0.05) is 37.9 Å². The number of carbonyl (C=O) groups excluding carboxylic acids is 1. The first-order valence-corrected chi connectivity index (χ1v) is 11.0. The fraction of sp³-hybridized carbons (Fsp3) is 0.364. The van der Waals surface area contributed by atoms with E-state index in [9.17, 15) is 18.0 Å². The van der Waals surface area contributed by atoms with E-state index in [1.165, 1.54) is 6.07 Å². The summed E-state index contributed by atoms with van der Waals surface area (Å²) in [5, 5.41) is 7.02. The largest absolute Gasteiger partial charge is 0.497 e. The summed E-state index contributed by atoms with van der Waals surface area (Å²) >= 11 is 5.34. The Labute approximate surface area is 199 Å². The number of anilines is 1. The van der Waals surface area contributed by atoms with Crippen molar-refractivity contribution in [1.82, 2.24) is 24.6 Å². The molecule has 3 heterocycles. The molecular weight excluding hydrogens is 469 g/mol. The minimum absolute atomic E-state index is 0.0230. The van der Waals surface area contributed by atoms with Crippen molar-refractivity contribution in [2.75, 3.05) is 38.2 Å². The zero-order chi connectivity index (χ0) is 24.3. The second-order valence-electron chi connectivity index (χ2n) is 7.79. The van der Waals surface area contributed by atoms with E-state index in [4.69, 9.17) is 17.0 Å². The number of halogens is 3. The molecule has 0 bridgehead atoms. The van der Waals surface area contributed by atoms with E-state index in [0.29, 0.717) is 54.8 Å². The average Bonchev–Trinajstić information content (AvgIpc) is 3.03. The molecule has 34 heavy (non-hydrogen) atoms. The lowest BCUT2D eigenvalue weighted by molar-refractivity contribution is -0.137. The molecule has 1 N–H and O–H groups in total. The molecule has 180 valence electrons. The summed E-state index contributed by atoms with van der Waals surface area (Å²) < 4.78 is 45.6. The molecule has 0 radical (unpaired) electrons. The number of nitrogens with one attached hydrogen (secondary N) is 1. The highest BCUT2D eigenvalue weighted by Gasteiger charge is 2.31. The van der Waals surface area contributed by atoms with E-state index in [0.717, 1.165) is 17.8 Å². The summed E-state index contributed by atoms with van der Waals surface area (Å²) in [7, 11) is 1.58. The molecular formula is C22H23F3N6O2S. The molecule has 0 saturated carbocycles. The summed E-state index contributed by atoms with van der Waals surface area (Å²) in [6.07, 6.45) is -2.92. The van der Waals surface area contributed by atoms with Gasteiger partial charge in [-0.25, -0.2) is 4.98 Å². The molecule has 2 aromatic heterocycles. The number of aromatic nitrogens is 4. The van der Waals surface area contributed by atoms with Crippen LogP contribution in [0.3, 0.4) is 0 Å². The lowest BCUT2D eigenvalue weighted by atomic mass is 10.2. The molecule has 1 aliphatic rings. The van der Waals surface area contributed by atoms with Crippen LogP contribution in [0.4, 0.5) is 19.0 Å². The highest BCUT2D eigenvalue weighted by atomic mass is 32.1. The number of nitrogens with zero attached hydrogens (tertiary/aromatic N) is 5. The van der Waals surface area contributed by atoms with Gasteiger partial charge in [-0.3, -0.25) is 14.5 Å². The summed E-state index contributed by atoms with van der Waals surface area (Å²) in [4.78, 5) is 20.7. The molecule has 1 aromatic carbocycles. The molecule has 1 amide bonds. The maximum absolute atomic E-state index is 13.1. The van der Waals surface area contributed by atoms with Crippen molar-refractivity contribution in [2.24, 2.45) is 0 Å². The lowest BCUT2D eigenvalue weighted by Crippen LogP contribution is -2.37. The third kappa shape index (κ3) is 5.22. The number of ether oxygens (including phenoxy) is 1. The Balaban J connectivity index is 1.43. The van der Waals surface area contributed by atoms with Crippen LogP contribution in [0.1, 0.15) is 12.0 Å². The topological polar surface area (TPSA) is 79.3 Å². The zero-order valence-corrected chi connectivity index (χ0v) is 19.2. The molecule has 1 saturated heterocycles. The minimum Gasteiger partial charge on any atom is -0.497 e. The number of aromatic amines is 1. The van der Waals surface area contributed by atoms with E-state index in [1.807, 2.05) is 17.0 Å². The van der Waals surface area contributed by atoms with Crippen LogP contribution in [0, 0.1) is 4.77 Å². The van der Waals surface area contributed by atoms with Gasteiger partial charge in [0.25, 0.3) is 0 Å². The van der Waals surface area contributed by atoms with Gasteiger partial charge in [0.1, 0.15) is 18.1 Å². The first kappa shape index (κ1) is 23.7. The van der Waals surface area contributed by atoms with Gasteiger partial charge in [0.2, 0.25) is 5.91 Å². The number of hydrogen-bond acceptors (Lipinski definition) is 6. The first-order chi connectivity index (χ1) is 16.3. The smallest absolute Gasteiger partial charge is 0.417 e. The summed E-state index contributed by atoms with van der Waals surface area (Å²) in [6.45, 7) is 2.02. The van der Waals surface area contributed by atoms with Crippen molar-refractivity contribution in [2.45, 2.75) is 19.1 Å². The molecule has 3 aromatic rings. The number of alkyl halides is 3. The zero-order valence-electron chi connectivity index (χ0n) is 18.4. The van der Waals surface area contributed by atoms with Gasteiger partial charge >= 0.3 is 6.18 Å². The van der Waals surface area contributed by atoms with Gasteiger partial charge in [-0.05, 0) is 55.0 Å². The normalized spacial score (nSPS) is 14.7.